The summed E-state index contributed by atoms with van der Waals surface area (Å²) in [6.07, 6.45) is 0. The lowest BCUT2D eigenvalue weighted by Gasteiger charge is -2.00. The molecule has 3 nitrogen and oxygen atoms in total. The highest BCUT2D eigenvalue weighted by Gasteiger charge is 2.11. The van der Waals surface area contributed by atoms with E-state index in [2.05, 4.69) is 15.2 Å². The van der Waals surface area contributed by atoms with Crippen LogP contribution < -0.4 is 0 Å². The SMILES string of the molecule is Fc1cc(Cl)c(-c2nc(=S)[nH][nH]2)cc1F. The number of nitrogens with one attached hydrogen (secondary N) is 2. The van der Waals surface area contributed by atoms with Crippen molar-refractivity contribution in [2.75, 3.05) is 0 Å². The van der Waals surface area contributed by atoms with Crippen LogP contribution in [0, 0.1) is 16.4 Å². The van der Waals surface area contributed by atoms with Gasteiger partial charge in [0.25, 0.3) is 0 Å². The first kappa shape index (κ1) is 10.3. The number of halogens is 3. The Kier molecular flexibility index (Phi) is 2.54. The summed E-state index contributed by atoms with van der Waals surface area (Å²) >= 11 is 10.5. The molecule has 0 aliphatic heterocycles. The molecule has 15 heavy (non-hydrogen) atoms. The lowest BCUT2D eigenvalue weighted by molar-refractivity contribution is 0.509. The van der Waals surface area contributed by atoms with E-state index in [1.54, 1.807) is 0 Å². The van der Waals surface area contributed by atoms with Crippen LogP contribution in [-0.2, 0) is 0 Å². The molecule has 0 aliphatic carbocycles. The number of aromatic amines is 2. The first-order valence-corrected chi connectivity index (χ1v) is 4.66. The molecule has 0 fully saturated rings. The molecule has 0 unspecified atom stereocenters. The van der Waals surface area contributed by atoms with Gasteiger partial charge in [0.15, 0.2) is 17.5 Å². The highest BCUT2D eigenvalue weighted by atomic mass is 35.5. The molecule has 1 heterocycles. The summed E-state index contributed by atoms with van der Waals surface area (Å²) in [7, 11) is 0. The molecule has 0 spiro atoms. The summed E-state index contributed by atoms with van der Waals surface area (Å²) in [6.45, 7) is 0. The molecule has 1 aromatic carbocycles. The molecule has 78 valence electrons. The van der Waals surface area contributed by atoms with Gasteiger partial charge in [-0.25, -0.2) is 8.78 Å². The van der Waals surface area contributed by atoms with Crippen LogP contribution in [0.1, 0.15) is 0 Å². The fourth-order valence-electron chi connectivity index (χ4n) is 1.10. The molecular weight excluding hydrogens is 244 g/mol. The zero-order chi connectivity index (χ0) is 11.0. The first-order valence-electron chi connectivity index (χ1n) is 3.87. The molecule has 0 radical (unpaired) electrons. The van der Waals surface area contributed by atoms with Gasteiger partial charge in [-0.3, -0.25) is 10.2 Å². The van der Waals surface area contributed by atoms with E-state index in [9.17, 15) is 8.78 Å². The molecule has 2 aromatic rings. The van der Waals surface area contributed by atoms with Crippen molar-refractivity contribution < 1.29 is 8.78 Å². The minimum Gasteiger partial charge on any atom is -0.282 e. The van der Waals surface area contributed by atoms with Crippen LogP contribution in [0.2, 0.25) is 5.02 Å². The van der Waals surface area contributed by atoms with Crippen LogP contribution in [0.25, 0.3) is 11.4 Å². The van der Waals surface area contributed by atoms with E-state index in [0.717, 1.165) is 12.1 Å². The van der Waals surface area contributed by atoms with Crippen molar-refractivity contribution in [3.8, 4) is 11.4 Å². The van der Waals surface area contributed by atoms with Crippen LogP contribution in [-0.4, -0.2) is 15.2 Å². The van der Waals surface area contributed by atoms with Crippen molar-refractivity contribution in [2.45, 2.75) is 0 Å². The highest BCUT2D eigenvalue weighted by Crippen LogP contribution is 2.27. The van der Waals surface area contributed by atoms with E-state index in [0.29, 0.717) is 0 Å². The molecule has 0 saturated heterocycles. The average molecular weight is 248 g/mol. The van der Waals surface area contributed by atoms with Crippen molar-refractivity contribution in [3.63, 3.8) is 0 Å². The van der Waals surface area contributed by atoms with E-state index in [1.165, 1.54) is 0 Å². The number of benzene rings is 1. The van der Waals surface area contributed by atoms with Gasteiger partial charge >= 0.3 is 0 Å². The average Bonchev–Trinajstić information content (AvgIpc) is 2.58. The van der Waals surface area contributed by atoms with E-state index in [1.807, 2.05) is 0 Å². The lowest BCUT2D eigenvalue weighted by Crippen LogP contribution is -1.89. The Morgan fingerprint density at radius 3 is 2.47 bits per heavy atom. The molecule has 0 saturated carbocycles. The fraction of sp³-hybridized carbons (Fsp3) is 0. The Morgan fingerprint density at radius 1 is 1.20 bits per heavy atom. The summed E-state index contributed by atoms with van der Waals surface area (Å²) in [5, 5.41) is 5.19. The van der Waals surface area contributed by atoms with E-state index < -0.39 is 11.6 Å². The smallest absolute Gasteiger partial charge is 0.213 e. The largest absolute Gasteiger partial charge is 0.282 e. The fourth-order valence-corrected chi connectivity index (χ4v) is 1.48. The van der Waals surface area contributed by atoms with Gasteiger partial charge in [0, 0.05) is 5.56 Å². The number of H-pyrrole nitrogens is 2. The summed E-state index contributed by atoms with van der Waals surface area (Å²) in [6, 6.07) is 1.84. The molecule has 0 atom stereocenters. The van der Waals surface area contributed by atoms with E-state index in [-0.39, 0.29) is 21.2 Å². The predicted octanol–water partition coefficient (Wildman–Crippen LogP) is 3.07. The van der Waals surface area contributed by atoms with Crippen LogP contribution in [0.4, 0.5) is 8.78 Å². The van der Waals surface area contributed by atoms with Crippen molar-refractivity contribution in [2.24, 2.45) is 0 Å². The van der Waals surface area contributed by atoms with Gasteiger partial charge < -0.3 is 0 Å². The monoisotopic (exact) mass is 247 g/mol. The zero-order valence-corrected chi connectivity index (χ0v) is 8.72. The second-order valence-electron chi connectivity index (χ2n) is 2.76. The second kappa shape index (κ2) is 3.71. The predicted molar refractivity (Wildman–Crippen MR) is 54.1 cm³/mol. The highest BCUT2D eigenvalue weighted by molar-refractivity contribution is 7.71. The standard InChI is InChI=1S/C8H4ClF2N3S/c9-4-2-6(11)5(10)1-3(4)7-12-8(15)14-13-7/h1-2H,(H2,12,13,14,15). The topological polar surface area (TPSA) is 44.5 Å². The van der Waals surface area contributed by atoms with Crippen molar-refractivity contribution in [3.05, 3.63) is 33.6 Å². The Hall–Kier alpha value is -1.27. The number of hydrogen-bond donors (Lipinski definition) is 2. The minimum atomic E-state index is -1.00. The third-order valence-electron chi connectivity index (χ3n) is 1.77. The van der Waals surface area contributed by atoms with Gasteiger partial charge in [-0.05, 0) is 24.4 Å². The number of aromatic nitrogens is 3. The van der Waals surface area contributed by atoms with Gasteiger partial charge in [-0.2, -0.15) is 4.98 Å². The van der Waals surface area contributed by atoms with Crippen LogP contribution >= 0.6 is 23.8 Å². The van der Waals surface area contributed by atoms with Crippen LogP contribution in [0.3, 0.4) is 0 Å². The van der Waals surface area contributed by atoms with Gasteiger partial charge in [-0.1, -0.05) is 11.6 Å². The minimum absolute atomic E-state index is 0.0617. The van der Waals surface area contributed by atoms with Gasteiger partial charge in [0.1, 0.15) is 0 Å². The quantitative estimate of drug-likeness (QED) is 0.601. The van der Waals surface area contributed by atoms with Crippen LogP contribution in [0.15, 0.2) is 12.1 Å². The molecule has 1 aromatic heterocycles. The van der Waals surface area contributed by atoms with Crippen molar-refractivity contribution >= 4 is 23.8 Å². The molecule has 0 aliphatic rings. The Balaban J connectivity index is 2.63. The maximum absolute atomic E-state index is 12.9. The maximum Gasteiger partial charge on any atom is 0.213 e. The van der Waals surface area contributed by atoms with Gasteiger partial charge in [0.2, 0.25) is 4.77 Å². The molecular formula is C8H4ClF2N3S. The van der Waals surface area contributed by atoms with Crippen molar-refractivity contribution in [1.82, 2.24) is 15.2 Å². The van der Waals surface area contributed by atoms with Crippen LogP contribution in [0.5, 0.6) is 0 Å². The Bertz CT molecular complexity index is 563. The molecule has 2 N–H and O–H groups in total. The summed E-state index contributed by atoms with van der Waals surface area (Å²) in [5.41, 5.74) is 0.253. The Morgan fingerprint density at radius 2 is 1.87 bits per heavy atom. The van der Waals surface area contributed by atoms with Gasteiger partial charge in [0.05, 0.1) is 5.02 Å². The molecule has 0 bridgehead atoms. The number of hydrogen-bond acceptors (Lipinski definition) is 2. The summed E-state index contributed by atoms with van der Waals surface area (Å²) in [5.74, 6) is -1.72. The normalized spacial score (nSPS) is 10.6. The summed E-state index contributed by atoms with van der Waals surface area (Å²) < 4.78 is 25.9. The van der Waals surface area contributed by atoms with Gasteiger partial charge in [-0.15, -0.1) is 0 Å². The van der Waals surface area contributed by atoms with E-state index >= 15 is 0 Å². The second-order valence-corrected chi connectivity index (χ2v) is 3.56. The summed E-state index contributed by atoms with van der Waals surface area (Å²) in [4.78, 5) is 3.84. The third kappa shape index (κ3) is 1.91. The number of nitrogens with zero attached hydrogens (tertiary/aromatic N) is 1. The molecule has 0 amide bonds. The lowest BCUT2D eigenvalue weighted by atomic mass is 10.2. The molecule has 2 rings (SSSR count). The zero-order valence-electron chi connectivity index (χ0n) is 7.14. The third-order valence-corrected chi connectivity index (χ3v) is 2.27. The van der Waals surface area contributed by atoms with Crippen molar-refractivity contribution in [1.29, 1.82) is 0 Å². The maximum atomic E-state index is 12.9. The number of rotatable bonds is 1. The first-order chi connectivity index (χ1) is 7.08. The van der Waals surface area contributed by atoms with E-state index in [4.69, 9.17) is 23.8 Å². The Labute approximate surface area is 93.1 Å². The molecule has 7 heteroatoms.